The highest BCUT2D eigenvalue weighted by molar-refractivity contribution is 5.74. The van der Waals surface area contributed by atoms with Crippen molar-refractivity contribution >= 4 is 5.91 Å². The maximum absolute atomic E-state index is 11.0. The zero-order valence-corrected chi connectivity index (χ0v) is 17.7. The van der Waals surface area contributed by atoms with E-state index < -0.39 is 0 Å². The van der Waals surface area contributed by atoms with Gasteiger partial charge in [0.2, 0.25) is 0 Å². The number of quaternary nitrogens is 1. The van der Waals surface area contributed by atoms with E-state index in [1.165, 1.54) is 103 Å². The summed E-state index contributed by atoms with van der Waals surface area (Å²) < 4.78 is 0.730. The van der Waals surface area contributed by atoms with Crippen molar-refractivity contribution in [3.05, 3.63) is 0 Å². The van der Waals surface area contributed by atoms with Gasteiger partial charge in [-0.2, -0.15) is 0 Å². The predicted molar refractivity (Wildman–Crippen MR) is 111 cm³/mol. The van der Waals surface area contributed by atoms with Gasteiger partial charge in [0.1, 0.15) is 0 Å². The fourth-order valence-electron chi connectivity index (χ4n) is 3.59. The molecule has 0 saturated heterocycles. The first kappa shape index (κ1) is 24.4. The number of hydrogen-bond acceptors (Lipinski definition) is 1. The molecule has 0 spiro atoms. The number of nitrogens with two attached hydrogens (primary N) is 1. The molecule has 0 heterocycles. The van der Waals surface area contributed by atoms with Crippen LogP contribution in [-0.2, 0) is 4.79 Å². The van der Waals surface area contributed by atoms with Crippen molar-refractivity contribution in [2.75, 3.05) is 27.2 Å². The number of unbranched alkanes of at least 4 members (excludes halogenated alkanes) is 15. The summed E-state index contributed by atoms with van der Waals surface area (Å²) in [7, 11) is 4.19. The molecular formula is C22H47N2O+. The molecule has 0 aliphatic heterocycles. The van der Waals surface area contributed by atoms with Crippen LogP contribution in [0.2, 0.25) is 0 Å². The van der Waals surface area contributed by atoms with Crippen molar-refractivity contribution in [3.63, 3.8) is 0 Å². The topological polar surface area (TPSA) is 43.1 Å². The van der Waals surface area contributed by atoms with E-state index in [4.69, 9.17) is 5.73 Å². The maximum atomic E-state index is 11.0. The highest BCUT2D eigenvalue weighted by Gasteiger charge is 2.16. The van der Waals surface area contributed by atoms with E-state index in [1.54, 1.807) is 0 Å². The van der Waals surface area contributed by atoms with Crippen LogP contribution >= 0.6 is 0 Å². The van der Waals surface area contributed by atoms with Gasteiger partial charge in [-0.15, -0.1) is 0 Å². The van der Waals surface area contributed by atoms with Gasteiger partial charge in [0.05, 0.1) is 20.6 Å². The highest BCUT2D eigenvalue weighted by Crippen LogP contribution is 2.14. The Morgan fingerprint density at radius 2 is 0.960 bits per heavy atom. The van der Waals surface area contributed by atoms with Crippen LogP contribution in [0.3, 0.4) is 0 Å². The molecule has 0 radical (unpaired) electrons. The molecule has 3 nitrogen and oxygen atoms in total. The number of hydrogen-bond donors (Lipinski definition) is 1. The lowest BCUT2D eigenvalue weighted by Gasteiger charge is -2.28. The van der Waals surface area contributed by atoms with Gasteiger partial charge in [0.15, 0.2) is 6.54 Å². The molecule has 0 aliphatic carbocycles. The summed E-state index contributed by atoms with van der Waals surface area (Å²) in [5.41, 5.74) is 5.29. The van der Waals surface area contributed by atoms with E-state index in [9.17, 15) is 4.79 Å². The average molecular weight is 356 g/mol. The number of carbonyl (C=O) groups is 1. The van der Waals surface area contributed by atoms with E-state index in [2.05, 4.69) is 21.0 Å². The number of amides is 1. The molecule has 0 saturated carbocycles. The first-order valence-electron chi connectivity index (χ1n) is 11.1. The molecule has 3 heteroatoms. The van der Waals surface area contributed by atoms with Gasteiger partial charge in [0, 0.05) is 0 Å². The molecule has 0 atom stereocenters. The minimum atomic E-state index is -0.193. The Labute approximate surface area is 158 Å². The third-order valence-electron chi connectivity index (χ3n) is 5.20. The standard InChI is InChI=1S/C22H46N2O/c1-4-5-6-7-8-9-10-11-12-13-14-15-16-17-18-19-20-24(2,3)21-22(23)25/h4-21H2,1-3H3,(H-,23,25)/p+1. The third-order valence-corrected chi connectivity index (χ3v) is 5.20. The Hall–Kier alpha value is -0.570. The van der Waals surface area contributed by atoms with Crippen molar-refractivity contribution < 1.29 is 9.28 Å². The molecule has 150 valence electrons. The second-order valence-corrected chi connectivity index (χ2v) is 8.59. The summed E-state index contributed by atoms with van der Waals surface area (Å²) in [6.07, 6.45) is 22.4. The summed E-state index contributed by atoms with van der Waals surface area (Å²) in [5, 5.41) is 0. The lowest BCUT2D eigenvalue weighted by atomic mass is 10.0. The summed E-state index contributed by atoms with van der Waals surface area (Å²) >= 11 is 0. The molecule has 0 unspecified atom stereocenters. The SMILES string of the molecule is CCCCCCCCCCCCCCCCCC[N+](C)(C)CC(N)=O. The Morgan fingerprint density at radius 1 is 0.640 bits per heavy atom. The molecule has 0 aliphatic rings. The molecule has 0 rings (SSSR count). The maximum Gasteiger partial charge on any atom is 0.272 e. The smallest absolute Gasteiger partial charge is 0.272 e. The number of likely N-dealkylation sites (N-methyl/N-ethyl adjacent to an activating group) is 1. The molecule has 2 N–H and O–H groups in total. The predicted octanol–water partition coefficient (Wildman–Crippen LogP) is 5.81. The first-order valence-corrected chi connectivity index (χ1v) is 11.1. The lowest BCUT2D eigenvalue weighted by Crippen LogP contribution is -2.46. The molecular weight excluding hydrogens is 308 g/mol. The van der Waals surface area contributed by atoms with Gasteiger partial charge in [-0.05, 0) is 12.8 Å². The molecule has 0 aromatic heterocycles. The Morgan fingerprint density at radius 3 is 1.28 bits per heavy atom. The Bertz CT molecular complexity index is 302. The zero-order valence-electron chi connectivity index (χ0n) is 17.7. The molecule has 0 fully saturated rings. The van der Waals surface area contributed by atoms with E-state index >= 15 is 0 Å². The zero-order chi connectivity index (χ0) is 18.8. The fraction of sp³-hybridized carbons (Fsp3) is 0.955. The average Bonchev–Trinajstić information content (AvgIpc) is 2.53. The first-order chi connectivity index (χ1) is 12.0. The van der Waals surface area contributed by atoms with E-state index in [0.29, 0.717) is 6.54 Å². The quantitative estimate of drug-likeness (QED) is 0.230. The summed E-state index contributed by atoms with van der Waals surface area (Å²) in [5.74, 6) is -0.193. The van der Waals surface area contributed by atoms with Crippen LogP contribution < -0.4 is 5.73 Å². The number of nitrogens with zero attached hydrogens (tertiary/aromatic N) is 1. The molecule has 0 aromatic carbocycles. The molecule has 1 amide bonds. The van der Waals surface area contributed by atoms with Gasteiger partial charge < -0.3 is 10.2 Å². The number of rotatable bonds is 19. The van der Waals surface area contributed by atoms with Gasteiger partial charge >= 0.3 is 0 Å². The van der Waals surface area contributed by atoms with Gasteiger partial charge in [-0.3, -0.25) is 4.79 Å². The largest absolute Gasteiger partial charge is 0.365 e. The van der Waals surface area contributed by atoms with Gasteiger partial charge in [-0.1, -0.05) is 96.8 Å². The second kappa shape index (κ2) is 16.9. The van der Waals surface area contributed by atoms with Crippen molar-refractivity contribution in [2.45, 2.75) is 110 Å². The minimum absolute atomic E-state index is 0.193. The third kappa shape index (κ3) is 19.6. The van der Waals surface area contributed by atoms with Crippen molar-refractivity contribution in [2.24, 2.45) is 5.73 Å². The monoisotopic (exact) mass is 355 g/mol. The molecule has 25 heavy (non-hydrogen) atoms. The van der Waals surface area contributed by atoms with E-state index in [-0.39, 0.29) is 5.91 Å². The summed E-state index contributed by atoms with van der Waals surface area (Å²) in [4.78, 5) is 11.0. The fourth-order valence-corrected chi connectivity index (χ4v) is 3.59. The summed E-state index contributed by atoms with van der Waals surface area (Å²) in [6, 6.07) is 0. The number of carbonyl (C=O) groups excluding carboxylic acids is 1. The van der Waals surface area contributed by atoms with Crippen LogP contribution in [0.5, 0.6) is 0 Å². The van der Waals surface area contributed by atoms with E-state index in [1.807, 2.05) is 0 Å². The summed E-state index contributed by atoms with van der Waals surface area (Å²) in [6.45, 7) is 3.80. The highest BCUT2D eigenvalue weighted by atomic mass is 16.1. The Balaban J connectivity index is 3.18. The second-order valence-electron chi connectivity index (χ2n) is 8.59. The van der Waals surface area contributed by atoms with Crippen LogP contribution in [0.1, 0.15) is 110 Å². The Kier molecular flexibility index (Phi) is 16.5. The van der Waals surface area contributed by atoms with Crippen LogP contribution in [0.4, 0.5) is 0 Å². The van der Waals surface area contributed by atoms with Crippen LogP contribution in [0, 0.1) is 0 Å². The van der Waals surface area contributed by atoms with Crippen LogP contribution in [-0.4, -0.2) is 37.6 Å². The van der Waals surface area contributed by atoms with Crippen LogP contribution in [0.25, 0.3) is 0 Å². The van der Waals surface area contributed by atoms with Crippen molar-refractivity contribution in [1.29, 1.82) is 0 Å². The van der Waals surface area contributed by atoms with Gasteiger partial charge in [0.25, 0.3) is 5.91 Å². The van der Waals surface area contributed by atoms with E-state index in [0.717, 1.165) is 11.0 Å². The van der Waals surface area contributed by atoms with Crippen LogP contribution in [0.15, 0.2) is 0 Å². The molecule has 0 aromatic rings. The normalized spacial score (nSPS) is 11.8. The molecule has 0 bridgehead atoms. The van der Waals surface area contributed by atoms with Gasteiger partial charge in [-0.25, -0.2) is 0 Å². The van der Waals surface area contributed by atoms with Crippen molar-refractivity contribution in [1.82, 2.24) is 0 Å². The van der Waals surface area contributed by atoms with Crippen molar-refractivity contribution in [3.8, 4) is 0 Å². The number of primary amides is 1. The minimum Gasteiger partial charge on any atom is -0.365 e. The lowest BCUT2D eigenvalue weighted by molar-refractivity contribution is -0.882.